The van der Waals surface area contributed by atoms with Crippen LogP contribution in [0, 0.1) is 0 Å². The Labute approximate surface area is 427 Å². The van der Waals surface area contributed by atoms with Crippen molar-refractivity contribution in [1.29, 1.82) is 0 Å². The van der Waals surface area contributed by atoms with Crippen molar-refractivity contribution in [2.75, 3.05) is 21.3 Å². The first-order chi connectivity index (χ1) is 33.0. The number of hydrogen-bond donors (Lipinski definition) is 2. The fourth-order valence-corrected chi connectivity index (χ4v) is 7.21. The fraction of sp³-hybridized carbons (Fsp3) is 0.950. The summed E-state index contributed by atoms with van der Waals surface area (Å²) in [6.07, 6.45) is 49.9. The Hall–Kier alpha value is -1.67. The highest BCUT2D eigenvalue weighted by molar-refractivity contribution is 5.69. The number of methoxy groups -OCH3 is 3. The molecule has 2 unspecified atom stereocenters. The van der Waals surface area contributed by atoms with Crippen LogP contribution in [0.2, 0.25) is 0 Å². The lowest BCUT2D eigenvalue weighted by molar-refractivity contribution is -0.141. The van der Waals surface area contributed by atoms with E-state index in [0.29, 0.717) is 19.3 Å². The number of hydrogen-bond acceptors (Lipinski definition) is 8. The molecule has 414 valence electrons. The minimum Gasteiger partial charge on any atom is -0.469 e. The molecule has 0 aromatic carbocycles. The van der Waals surface area contributed by atoms with Crippen molar-refractivity contribution in [2.45, 2.75) is 351 Å². The minimum absolute atomic E-state index is 0.0713. The van der Waals surface area contributed by atoms with Gasteiger partial charge in [0.2, 0.25) is 0 Å². The van der Waals surface area contributed by atoms with Gasteiger partial charge in [0.05, 0.1) is 33.5 Å². The predicted octanol–water partition coefficient (Wildman–Crippen LogP) is 19.1. The Morgan fingerprint density at radius 3 is 0.603 bits per heavy atom. The number of aliphatic hydroxyl groups excluding tert-OH is 2. The maximum atomic E-state index is 10.9. The van der Waals surface area contributed by atoms with E-state index in [0.717, 1.165) is 70.6 Å². The molecule has 0 spiro atoms. The molecule has 0 aliphatic rings. The van der Waals surface area contributed by atoms with Gasteiger partial charge in [0, 0.05) is 19.3 Å². The van der Waals surface area contributed by atoms with E-state index >= 15 is 0 Å². The molecule has 0 rings (SSSR count). The summed E-state index contributed by atoms with van der Waals surface area (Å²) in [6.45, 7) is 19.4. The Morgan fingerprint density at radius 2 is 0.426 bits per heavy atom. The standard InChI is InChI=1S/2C19H38O3.C13H26O2.3C3H8/c2*1-3-4-5-12-15-18(20)16-13-10-8-6-7-9-11-14-17-19(21)22-2;1-3-4-5-6-7-8-9-10-11-12-13(14)15-2;3*1-3-2/h2*18,20H,3-17H2,1-2H3;3-12H2,1-2H3;3*3H2,1-2H3. The largest absolute Gasteiger partial charge is 0.469 e. The van der Waals surface area contributed by atoms with Crippen molar-refractivity contribution >= 4 is 17.9 Å². The van der Waals surface area contributed by atoms with Crippen LogP contribution in [0.25, 0.3) is 0 Å². The molecule has 0 saturated heterocycles. The zero-order valence-corrected chi connectivity index (χ0v) is 48.4. The van der Waals surface area contributed by atoms with Crippen LogP contribution < -0.4 is 0 Å². The van der Waals surface area contributed by atoms with E-state index in [1.807, 2.05) is 0 Å². The van der Waals surface area contributed by atoms with Gasteiger partial charge in [-0.25, -0.2) is 0 Å². The first-order valence-electron chi connectivity index (χ1n) is 29.5. The summed E-state index contributed by atoms with van der Waals surface area (Å²) in [5.41, 5.74) is 0. The van der Waals surface area contributed by atoms with Crippen molar-refractivity contribution in [3.63, 3.8) is 0 Å². The van der Waals surface area contributed by atoms with Gasteiger partial charge in [-0.3, -0.25) is 14.4 Å². The minimum atomic E-state index is -0.0896. The lowest BCUT2D eigenvalue weighted by Gasteiger charge is -2.10. The summed E-state index contributed by atoms with van der Waals surface area (Å²) >= 11 is 0. The van der Waals surface area contributed by atoms with E-state index in [1.54, 1.807) is 0 Å². The molecule has 2 atom stereocenters. The second-order valence-electron chi connectivity index (χ2n) is 19.2. The number of ether oxygens (including phenoxy) is 3. The molecule has 0 fully saturated rings. The van der Waals surface area contributed by atoms with Gasteiger partial charge in [0.1, 0.15) is 0 Å². The highest BCUT2D eigenvalue weighted by Crippen LogP contribution is 2.16. The fourth-order valence-electron chi connectivity index (χ4n) is 7.21. The molecule has 0 amide bonds. The third kappa shape index (κ3) is 90.7. The molecule has 0 aromatic rings. The highest BCUT2D eigenvalue weighted by Gasteiger charge is 2.06. The van der Waals surface area contributed by atoms with E-state index < -0.39 is 0 Å². The summed E-state index contributed by atoms with van der Waals surface area (Å²) in [6, 6.07) is 0. The Balaban J connectivity index is -0.000000197. The van der Waals surface area contributed by atoms with Crippen LogP contribution in [0.5, 0.6) is 0 Å². The number of esters is 3. The zero-order chi connectivity index (χ0) is 52.4. The van der Waals surface area contributed by atoms with Crippen LogP contribution in [-0.4, -0.2) is 61.7 Å². The molecule has 0 radical (unpaired) electrons. The molecular weight excluding hydrogens is 849 g/mol. The normalized spacial score (nSPS) is 11.0. The Kier molecular flexibility index (Phi) is 87.9. The number of aliphatic hydroxyl groups is 2. The van der Waals surface area contributed by atoms with Gasteiger partial charge in [-0.05, 0) is 44.9 Å². The Bertz CT molecular complexity index is 827. The molecule has 0 bridgehead atoms. The molecule has 8 heteroatoms. The van der Waals surface area contributed by atoms with Crippen LogP contribution in [0.4, 0.5) is 0 Å². The van der Waals surface area contributed by atoms with Crippen LogP contribution >= 0.6 is 0 Å². The summed E-state index contributed by atoms with van der Waals surface area (Å²) in [7, 11) is 4.35. The second-order valence-corrected chi connectivity index (χ2v) is 19.2. The number of unbranched alkanes of at least 4 members (excludes halogenated alkanes) is 28. The lowest BCUT2D eigenvalue weighted by Crippen LogP contribution is -2.05. The SMILES string of the molecule is CCC.CCC.CCC.CCCCCCC(O)CCCCCCCCCCC(=O)OC.CCCCCCC(O)CCCCCCCCCCC(=O)OC.CCCCCCCCCCCC(=O)OC. The first kappa shape index (κ1) is 77.8. The van der Waals surface area contributed by atoms with Gasteiger partial charge in [-0.15, -0.1) is 0 Å². The molecule has 0 aromatic heterocycles. The predicted molar refractivity (Wildman–Crippen MR) is 298 cm³/mol. The van der Waals surface area contributed by atoms with E-state index in [4.69, 9.17) is 0 Å². The number of rotatable bonds is 42. The molecule has 2 N–H and O–H groups in total. The van der Waals surface area contributed by atoms with Gasteiger partial charge in [0.25, 0.3) is 0 Å². The van der Waals surface area contributed by atoms with Gasteiger partial charge >= 0.3 is 17.9 Å². The van der Waals surface area contributed by atoms with Crippen molar-refractivity contribution in [3.8, 4) is 0 Å². The zero-order valence-electron chi connectivity index (χ0n) is 48.4. The van der Waals surface area contributed by atoms with E-state index in [9.17, 15) is 24.6 Å². The van der Waals surface area contributed by atoms with Crippen LogP contribution in [-0.2, 0) is 28.6 Å². The first-order valence-corrected chi connectivity index (χ1v) is 29.5. The monoisotopic (exact) mass is 975 g/mol. The van der Waals surface area contributed by atoms with Crippen LogP contribution in [0.15, 0.2) is 0 Å². The highest BCUT2D eigenvalue weighted by atomic mass is 16.5. The smallest absolute Gasteiger partial charge is 0.305 e. The third-order valence-corrected chi connectivity index (χ3v) is 11.3. The van der Waals surface area contributed by atoms with Crippen molar-refractivity contribution in [1.82, 2.24) is 0 Å². The van der Waals surface area contributed by atoms with Gasteiger partial charge < -0.3 is 24.4 Å². The van der Waals surface area contributed by atoms with Gasteiger partial charge in [-0.2, -0.15) is 0 Å². The number of carbonyl (C=O) groups is 3. The topological polar surface area (TPSA) is 119 Å². The van der Waals surface area contributed by atoms with Crippen molar-refractivity contribution < 1.29 is 38.8 Å². The van der Waals surface area contributed by atoms with E-state index in [2.05, 4.69) is 76.5 Å². The molecule has 8 nitrogen and oxygen atoms in total. The Morgan fingerprint density at radius 1 is 0.279 bits per heavy atom. The average molecular weight is 976 g/mol. The molecule has 0 aliphatic heterocycles. The van der Waals surface area contributed by atoms with Crippen LogP contribution in [0.1, 0.15) is 338 Å². The third-order valence-electron chi connectivity index (χ3n) is 11.3. The second kappa shape index (κ2) is 76.8. The number of carbonyl (C=O) groups excluding carboxylic acids is 3. The molecule has 0 saturated carbocycles. The average Bonchev–Trinajstić information content (AvgIpc) is 3.33. The van der Waals surface area contributed by atoms with E-state index in [-0.39, 0.29) is 30.1 Å². The molecular formula is C60H126O8. The van der Waals surface area contributed by atoms with Gasteiger partial charge in [-0.1, -0.05) is 274 Å². The maximum Gasteiger partial charge on any atom is 0.305 e. The lowest BCUT2D eigenvalue weighted by atomic mass is 10.0. The van der Waals surface area contributed by atoms with Crippen LogP contribution in [0.3, 0.4) is 0 Å². The summed E-state index contributed by atoms with van der Waals surface area (Å²) in [5, 5.41) is 19.8. The quantitative estimate of drug-likeness (QED) is 0.0353. The molecule has 0 aliphatic carbocycles. The maximum absolute atomic E-state index is 10.9. The molecule has 68 heavy (non-hydrogen) atoms. The van der Waals surface area contributed by atoms with Crippen molar-refractivity contribution in [2.24, 2.45) is 0 Å². The summed E-state index contributed by atoms with van der Waals surface area (Å²) < 4.78 is 13.8. The van der Waals surface area contributed by atoms with Crippen molar-refractivity contribution in [3.05, 3.63) is 0 Å². The van der Waals surface area contributed by atoms with E-state index in [1.165, 1.54) is 208 Å². The van der Waals surface area contributed by atoms with Gasteiger partial charge in [0.15, 0.2) is 0 Å². The summed E-state index contributed by atoms with van der Waals surface area (Å²) in [4.78, 5) is 32.7. The molecule has 0 heterocycles. The summed E-state index contributed by atoms with van der Waals surface area (Å²) in [5.74, 6) is -0.251.